The highest BCUT2D eigenvalue weighted by atomic mass is 35.5. The quantitative estimate of drug-likeness (QED) is 0.568. The average molecular weight is 425 g/mol. The molecule has 7 nitrogen and oxygen atoms in total. The van der Waals surface area contributed by atoms with Crippen molar-refractivity contribution in [3.63, 3.8) is 0 Å². The van der Waals surface area contributed by atoms with Crippen molar-refractivity contribution in [2.45, 2.75) is 12.8 Å². The molecule has 0 bridgehead atoms. The first-order valence-electron chi connectivity index (χ1n) is 9.74. The van der Waals surface area contributed by atoms with Crippen LogP contribution in [0.4, 0.5) is 16.2 Å². The second kappa shape index (κ2) is 8.59. The molecule has 0 spiro atoms. The minimum absolute atomic E-state index is 0.146. The van der Waals surface area contributed by atoms with Gasteiger partial charge in [-0.1, -0.05) is 23.7 Å². The number of imide groups is 1. The Morgan fingerprint density at radius 2 is 1.70 bits per heavy atom. The lowest BCUT2D eigenvalue weighted by atomic mass is 10.1. The largest absolute Gasteiger partial charge is 0.372 e. The van der Waals surface area contributed by atoms with Gasteiger partial charge in [0.1, 0.15) is 12.2 Å². The van der Waals surface area contributed by atoms with Crippen LogP contribution in [0, 0.1) is 0 Å². The number of rotatable bonds is 5. The van der Waals surface area contributed by atoms with Gasteiger partial charge in [0.15, 0.2) is 0 Å². The number of anilines is 2. The van der Waals surface area contributed by atoms with E-state index in [1.165, 1.54) is 12.8 Å². The van der Waals surface area contributed by atoms with Gasteiger partial charge < -0.3 is 15.5 Å². The highest BCUT2D eigenvalue weighted by Gasteiger charge is 2.34. The van der Waals surface area contributed by atoms with Gasteiger partial charge in [-0.25, -0.2) is 9.69 Å². The molecule has 4 amide bonds. The van der Waals surface area contributed by atoms with Crippen molar-refractivity contribution in [3.8, 4) is 0 Å². The molecule has 2 saturated heterocycles. The number of nitrogens with zero attached hydrogens (tertiary/aromatic N) is 2. The molecule has 2 fully saturated rings. The van der Waals surface area contributed by atoms with Crippen molar-refractivity contribution in [3.05, 3.63) is 64.8 Å². The maximum absolute atomic E-state index is 12.6. The minimum Gasteiger partial charge on any atom is -0.372 e. The van der Waals surface area contributed by atoms with E-state index < -0.39 is 17.8 Å². The average Bonchev–Trinajstić information content (AvgIpc) is 3.35. The molecule has 0 unspecified atom stereocenters. The van der Waals surface area contributed by atoms with E-state index in [0.717, 1.165) is 29.2 Å². The molecule has 2 heterocycles. The van der Waals surface area contributed by atoms with E-state index in [-0.39, 0.29) is 12.2 Å². The maximum Gasteiger partial charge on any atom is 0.329 e. The van der Waals surface area contributed by atoms with Crippen LogP contribution in [0.5, 0.6) is 0 Å². The molecular formula is C22H21ClN4O3. The Hall–Kier alpha value is -3.32. The van der Waals surface area contributed by atoms with Crippen molar-refractivity contribution < 1.29 is 14.4 Å². The molecule has 0 atom stereocenters. The molecule has 2 aliphatic heterocycles. The van der Waals surface area contributed by atoms with E-state index in [1.54, 1.807) is 30.3 Å². The van der Waals surface area contributed by atoms with Crippen LogP contribution in [-0.4, -0.2) is 42.4 Å². The molecule has 2 aromatic carbocycles. The van der Waals surface area contributed by atoms with Gasteiger partial charge in [-0.15, -0.1) is 0 Å². The maximum atomic E-state index is 12.6. The summed E-state index contributed by atoms with van der Waals surface area (Å²) in [6.07, 6.45) is 4.02. The summed E-state index contributed by atoms with van der Waals surface area (Å²) >= 11 is 5.82. The van der Waals surface area contributed by atoms with Crippen LogP contribution in [0.25, 0.3) is 6.08 Å². The highest BCUT2D eigenvalue weighted by molar-refractivity contribution is 6.30. The van der Waals surface area contributed by atoms with Gasteiger partial charge in [0.25, 0.3) is 5.91 Å². The van der Waals surface area contributed by atoms with Gasteiger partial charge in [0.2, 0.25) is 5.91 Å². The Morgan fingerprint density at radius 3 is 2.37 bits per heavy atom. The number of nitrogens with one attached hydrogen (secondary N) is 2. The van der Waals surface area contributed by atoms with Crippen LogP contribution >= 0.6 is 11.6 Å². The van der Waals surface area contributed by atoms with Gasteiger partial charge in [-0.05, 0) is 60.9 Å². The summed E-state index contributed by atoms with van der Waals surface area (Å²) in [5.41, 5.74) is 2.63. The number of hydrogen-bond acceptors (Lipinski definition) is 4. The predicted molar refractivity (Wildman–Crippen MR) is 116 cm³/mol. The van der Waals surface area contributed by atoms with Gasteiger partial charge >= 0.3 is 6.03 Å². The number of urea groups is 1. The Labute approximate surface area is 179 Å². The van der Waals surface area contributed by atoms with Crippen molar-refractivity contribution in [2.75, 3.05) is 29.9 Å². The third-order valence-corrected chi connectivity index (χ3v) is 5.32. The number of hydrogen-bond donors (Lipinski definition) is 2. The Morgan fingerprint density at radius 1 is 1.03 bits per heavy atom. The molecule has 8 heteroatoms. The van der Waals surface area contributed by atoms with Crippen molar-refractivity contribution >= 4 is 46.9 Å². The predicted octanol–water partition coefficient (Wildman–Crippen LogP) is 3.47. The molecule has 4 rings (SSSR count). The zero-order valence-corrected chi connectivity index (χ0v) is 17.0. The summed E-state index contributed by atoms with van der Waals surface area (Å²) in [5, 5.41) is 5.72. The summed E-state index contributed by atoms with van der Waals surface area (Å²) in [6, 6.07) is 13.8. The van der Waals surface area contributed by atoms with Gasteiger partial charge in [-0.2, -0.15) is 0 Å². The number of carbonyl (C=O) groups excluding carboxylic acids is 3. The van der Waals surface area contributed by atoms with E-state index in [2.05, 4.69) is 15.5 Å². The second-order valence-corrected chi connectivity index (χ2v) is 7.66. The topological polar surface area (TPSA) is 81.8 Å². The normalized spacial score (nSPS) is 17.6. The first kappa shape index (κ1) is 20.0. The third kappa shape index (κ3) is 4.46. The molecule has 2 aliphatic rings. The van der Waals surface area contributed by atoms with Crippen molar-refractivity contribution in [1.29, 1.82) is 0 Å². The fourth-order valence-corrected chi connectivity index (χ4v) is 3.64. The van der Waals surface area contributed by atoms with Crippen LogP contribution in [-0.2, 0) is 9.59 Å². The second-order valence-electron chi connectivity index (χ2n) is 7.22. The number of carbonyl (C=O) groups is 3. The van der Waals surface area contributed by atoms with Crippen LogP contribution in [0.2, 0.25) is 5.02 Å². The summed E-state index contributed by atoms with van der Waals surface area (Å²) in [5.74, 6) is -1.01. The Bertz CT molecular complexity index is 996. The van der Waals surface area contributed by atoms with E-state index in [4.69, 9.17) is 11.6 Å². The zero-order chi connectivity index (χ0) is 21.1. The number of halogens is 1. The standard InChI is InChI=1S/C22H21ClN4O3/c23-16-5-7-17(8-6-16)24-20(28)14-27-21(29)19(25-22(27)30)13-15-3-9-18(10-4-15)26-11-1-2-12-26/h3-10,13H,1-2,11-12,14H2,(H,24,28)(H,25,30)/b19-13+. The van der Waals surface area contributed by atoms with Crippen LogP contribution in [0.1, 0.15) is 18.4 Å². The van der Waals surface area contributed by atoms with Gasteiger partial charge in [0, 0.05) is 29.5 Å². The first-order valence-corrected chi connectivity index (χ1v) is 10.1. The summed E-state index contributed by atoms with van der Waals surface area (Å²) in [7, 11) is 0. The molecule has 30 heavy (non-hydrogen) atoms. The van der Waals surface area contributed by atoms with E-state index in [0.29, 0.717) is 10.7 Å². The van der Waals surface area contributed by atoms with Crippen molar-refractivity contribution in [1.82, 2.24) is 10.2 Å². The van der Waals surface area contributed by atoms with Gasteiger partial charge in [-0.3, -0.25) is 9.59 Å². The van der Waals surface area contributed by atoms with E-state index in [1.807, 2.05) is 24.3 Å². The fraction of sp³-hybridized carbons (Fsp3) is 0.227. The first-order chi connectivity index (χ1) is 14.5. The van der Waals surface area contributed by atoms with Crippen LogP contribution in [0.15, 0.2) is 54.2 Å². The lowest BCUT2D eigenvalue weighted by molar-refractivity contribution is -0.127. The lowest BCUT2D eigenvalue weighted by Crippen LogP contribution is -2.38. The SMILES string of the molecule is O=C(CN1C(=O)N/C(=C/c2ccc(N3CCCC3)cc2)C1=O)Nc1ccc(Cl)cc1. The fourth-order valence-electron chi connectivity index (χ4n) is 3.52. The molecule has 2 N–H and O–H groups in total. The lowest BCUT2D eigenvalue weighted by Gasteiger charge is -2.17. The van der Waals surface area contributed by atoms with E-state index in [9.17, 15) is 14.4 Å². The highest BCUT2D eigenvalue weighted by Crippen LogP contribution is 2.22. The van der Waals surface area contributed by atoms with Crippen LogP contribution < -0.4 is 15.5 Å². The van der Waals surface area contributed by atoms with E-state index >= 15 is 0 Å². The minimum atomic E-state index is -0.619. The summed E-state index contributed by atoms with van der Waals surface area (Å²) in [4.78, 5) is 40.2. The Balaban J connectivity index is 1.40. The molecular weight excluding hydrogens is 404 g/mol. The number of benzene rings is 2. The molecule has 0 saturated carbocycles. The molecule has 0 radical (unpaired) electrons. The molecule has 2 aromatic rings. The zero-order valence-electron chi connectivity index (χ0n) is 16.2. The van der Waals surface area contributed by atoms with Crippen molar-refractivity contribution in [2.24, 2.45) is 0 Å². The van der Waals surface area contributed by atoms with Gasteiger partial charge in [0.05, 0.1) is 0 Å². The summed E-state index contributed by atoms with van der Waals surface area (Å²) in [6.45, 7) is 1.74. The van der Waals surface area contributed by atoms with Crippen LogP contribution in [0.3, 0.4) is 0 Å². The Kier molecular flexibility index (Phi) is 5.72. The molecule has 154 valence electrons. The molecule has 0 aliphatic carbocycles. The number of amides is 4. The smallest absolute Gasteiger partial charge is 0.329 e. The monoisotopic (exact) mass is 424 g/mol. The molecule has 0 aromatic heterocycles. The summed E-state index contributed by atoms with van der Waals surface area (Å²) < 4.78 is 0. The third-order valence-electron chi connectivity index (χ3n) is 5.07.